The molecular formula is C19H20N4O. The quantitative estimate of drug-likeness (QED) is 0.789. The Morgan fingerprint density at radius 3 is 2.79 bits per heavy atom. The molecule has 5 heteroatoms. The predicted octanol–water partition coefficient (Wildman–Crippen LogP) is 2.77. The number of nitrogens with zero attached hydrogens (tertiary/aromatic N) is 3. The Hall–Kier alpha value is -2.53. The Labute approximate surface area is 140 Å². The number of para-hydroxylation sites is 1. The molecule has 2 atom stereocenters. The van der Waals surface area contributed by atoms with Gasteiger partial charge in [0.05, 0.1) is 10.9 Å². The maximum Gasteiger partial charge on any atom is 0.261 e. The van der Waals surface area contributed by atoms with Crippen molar-refractivity contribution in [1.82, 2.24) is 19.9 Å². The largest absolute Gasteiger partial charge is 0.314 e. The number of nitrogens with one attached hydrogen (secondary N) is 1. The van der Waals surface area contributed by atoms with E-state index in [0.29, 0.717) is 17.3 Å². The van der Waals surface area contributed by atoms with E-state index in [9.17, 15) is 4.79 Å². The molecule has 0 amide bonds. The zero-order chi connectivity index (χ0) is 16.5. The monoisotopic (exact) mass is 320 g/mol. The highest BCUT2D eigenvalue weighted by Crippen LogP contribution is 2.26. The zero-order valence-corrected chi connectivity index (χ0v) is 13.6. The zero-order valence-electron chi connectivity index (χ0n) is 13.6. The molecule has 1 saturated heterocycles. The fourth-order valence-corrected chi connectivity index (χ4v) is 3.50. The van der Waals surface area contributed by atoms with Gasteiger partial charge in [0.15, 0.2) is 5.82 Å². The van der Waals surface area contributed by atoms with E-state index < -0.39 is 0 Å². The van der Waals surface area contributed by atoms with Gasteiger partial charge in [-0.05, 0) is 50.6 Å². The van der Waals surface area contributed by atoms with E-state index in [1.807, 2.05) is 47.0 Å². The Bertz CT molecular complexity index is 920. The van der Waals surface area contributed by atoms with Crippen LogP contribution in [0.5, 0.6) is 0 Å². The molecule has 0 spiro atoms. The maximum atomic E-state index is 13.2. The summed E-state index contributed by atoms with van der Waals surface area (Å²) in [6.45, 7) is 3.07. The van der Waals surface area contributed by atoms with Crippen LogP contribution in [0.1, 0.15) is 25.8 Å². The highest BCUT2D eigenvalue weighted by atomic mass is 16.1. The van der Waals surface area contributed by atoms with Crippen LogP contribution in [-0.4, -0.2) is 27.1 Å². The van der Waals surface area contributed by atoms with Crippen LogP contribution in [0.15, 0.2) is 53.5 Å². The molecule has 1 aliphatic rings. The van der Waals surface area contributed by atoms with Crippen LogP contribution >= 0.6 is 0 Å². The first kappa shape index (κ1) is 15.0. The Morgan fingerprint density at radius 2 is 2.00 bits per heavy atom. The lowest BCUT2D eigenvalue weighted by Gasteiger charge is -2.30. The standard InChI is InChI=1S/C19H20N4O/c1-13-12-14(9-11-20-13)23-18(17-8-4-5-10-21-17)22-16-7-3-2-6-15(16)19(23)24/h2-8,10,13-14,20H,9,11-12H2,1H3/t13-,14-/m0/s1. The van der Waals surface area contributed by atoms with Gasteiger partial charge < -0.3 is 5.32 Å². The summed E-state index contributed by atoms with van der Waals surface area (Å²) in [6, 6.07) is 13.8. The minimum absolute atomic E-state index is 0.0281. The fraction of sp³-hybridized carbons (Fsp3) is 0.316. The lowest BCUT2D eigenvalue weighted by Crippen LogP contribution is -2.40. The molecule has 3 heterocycles. The highest BCUT2D eigenvalue weighted by molar-refractivity contribution is 5.79. The number of hydrogen-bond acceptors (Lipinski definition) is 4. The normalized spacial score (nSPS) is 21.0. The number of fused-ring (bicyclic) bond motifs is 1. The van der Waals surface area contributed by atoms with E-state index in [1.54, 1.807) is 6.20 Å². The lowest BCUT2D eigenvalue weighted by atomic mass is 9.99. The van der Waals surface area contributed by atoms with E-state index in [1.165, 1.54) is 0 Å². The first-order valence-corrected chi connectivity index (χ1v) is 8.40. The van der Waals surface area contributed by atoms with Crippen molar-refractivity contribution in [2.45, 2.75) is 31.8 Å². The Morgan fingerprint density at radius 1 is 1.17 bits per heavy atom. The van der Waals surface area contributed by atoms with E-state index in [4.69, 9.17) is 4.98 Å². The van der Waals surface area contributed by atoms with Crippen LogP contribution in [0, 0.1) is 0 Å². The molecular weight excluding hydrogens is 300 g/mol. The number of piperidine rings is 1. The summed E-state index contributed by atoms with van der Waals surface area (Å²) in [7, 11) is 0. The third-order valence-corrected chi connectivity index (χ3v) is 4.66. The lowest BCUT2D eigenvalue weighted by molar-refractivity contribution is 0.309. The van der Waals surface area contributed by atoms with Crippen LogP contribution in [-0.2, 0) is 0 Å². The first-order chi connectivity index (χ1) is 11.7. The van der Waals surface area contributed by atoms with E-state index in [0.717, 1.165) is 30.6 Å². The van der Waals surface area contributed by atoms with E-state index in [2.05, 4.69) is 17.2 Å². The second-order valence-electron chi connectivity index (χ2n) is 6.38. The molecule has 122 valence electrons. The smallest absolute Gasteiger partial charge is 0.261 e. The van der Waals surface area contributed by atoms with Crippen molar-refractivity contribution >= 4 is 10.9 Å². The summed E-state index contributed by atoms with van der Waals surface area (Å²) >= 11 is 0. The molecule has 1 aliphatic heterocycles. The van der Waals surface area contributed by atoms with Crippen molar-refractivity contribution in [2.24, 2.45) is 0 Å². The molecule has 4 rings (SSSR count). The van der Waals surface area contributed by atoms with Gasteiger partial charge in [0, 0.05) is 18.3 Å². The van der Waals surface area contributed by atoms with Crippen LogP contribution in [0.25, 0.3) is 22.4 Å². The van der Waals surface area contributed by atoms with Crippen LogP contribution in [0.2, 0.25) is 0 Å². The number of hydrogen-bond donors (Lipinski definition) is 1. The molecule has 0 unspecified atom stereocenters. The topological polar surface area (TPSA) is 59.8 Å². The van der Waals surface area contributed by atoms with E-state index in [-0.39, 0.29) is 11.6 Å². The van der Waals surface area contributed by atoms with Gasteiger partial charge in [-0.3, -0.25) is 14.3 Å². The number of aromatic nitrogens is 3. The fourth-order valence-electron chi connectivity index (χ4n) is 3.50. The van der Waals surface area contributed by atoms with Gasteiger partial charge in [0.25, 0.3) is 5.56 Å². The van der Waals surface area contributed by atoms with Gasteiger partial charge in [-0.25, -0.2) is 4.98 Å². The predicted molar refractivity (Wildman–Crippen MR) is 95.0 cm³/mol. The van der Waals surface area contributed by atoms with Gasteiger partial charge in [-0.2, -0.15) is 0 Å². The van der Waals surface area contributed by atoms with Gasteiger partial charge in [-0.1, -0.05) is 18.2 Å². The van der Waals surface area contributed by atoms with Crippen molar-refractivity contribution in [1.29, 1.82) is 0 Å². The van der Waals surface area contributed by atoms with Crippen LogP contribution < -0.4 is 10.9 Å². The van der Waals surface area contributed by atoms with Gasteiger partial charge >= 0.3 is 0 Å². The second-order valence-corrected chi connectivity index (χ2v) is 6.38. The summed E-state index contributed by atoms with van der Waals surface area (Å²) in [4.78, 5) is 22.4. The summed E-state index contributed by atoms with van der Waals surface area (Å²) in [5.74, 6) is 0.665. The molecule has 1 N–H and O–H groups in total. The average Bonchev–Trinajstić information content (AvgIpc) is 2.62. The molecule has 0 radical (unpaired) electrons. The molecule has 2 aromatic heterocycles. The Balaban J connectivity index is 1.98. The van der Waals surface area contributed by atoms with Gasteiger partial charge in [-0.15, -0.1) is 0 Å². The maximum absolute atomic E-state index is 13.2. The van der Waals surface area contributed by atoms with Crippen molar-refractivity contribution in [2.75, 3.05) is 6.54 Å². The summed E-state index contributed by atoms with van der Waals surface area (Å²) in [5.41, 5.74) is 1.49. The molecule has 0 aliphatic carbocycles. The van der Waals surface area contributed by atoms with Crippen molar-refractivity contribution in [3.63, 3.8) is 0 Å². The first-order valence-electron chi connectivity index (χ1n) is 8.40. The number of benzene rings is 1. The summed E-state index contributed by atoms with van der Waals surface area (Å²) in [6.07, 6.45) is 3.58. The van der Waals surface area contributed by atoms with Crippen molar-refractivity contribution in [3.8, 4) is 11.5 Å². The molecule has 0 bridgehead atoms. The number of rotatable bonds is 2. The third-order valence-electron chi connectivity index (χ3n) is 4.66. The average molecular weight is 320 g/mol. The second kappa shape index (κ2) is 6.17. The Kier molecular flexibility index (Phi) is 3.86. The molecule has 24 heavy (non-hydrogen) atoms. The van der Waals surface area contributed by atoms with Gasteiger partial charge in [0.1, 0.15) is 5.69 Å². The minimum Gasteiger partial charge on any atom is -0.314 e. The van der Waals surface area contributed by atoms with Crippen LogP contribution in [0.4, 0.5) is 0 Å². The highest BCUT2D eigenvalue weighted by Gasteiger charge is 2.25. The molecule has 5 nitrogen and oxygen atoms in total. The number of pyridine rings is 1. The molecule has 1 fully saturated rings. The van der Waals surface area contributed by atoms with Gasteiger partial charge in [0.2, 0.25) is 0 Å². The minimum atomic E-state index is 0.0281. The van der Waals surface area contributed by atoms with Crippen molar-refractivity contribution < 1.29 is 0 Å². The summed E-state index contributed by atoms with van der Waals surface area (Å²) < 4.78 is 1.86. The summed E-state index contributed by atoms with van der Waals surface area (Å²) in [5, 5.41) is 4.12. The molecule has 3 aromatic rings. The molecule has 1 aromatic carbocycles. The third kappa shape index (κ3) is 2.61. The van der Waals surface area contributed by atoms with Crippen molar-refractivity contribution in [3.05, 3.63) is 59.0 Å². The SMILES string of the molecule is C[C@H]1C[C@@H](n2c(-c3ccccn3)nc3ccccc3c2=O)CCN1. The van der Waals surface area contributed by atoms with E-state index >= 15 is 0 Å². The van der Waals surface area contributed by atoms with Crippen LogP contribution in [0.3, 0.4) is 0 Å². The molecule has 0 saturated carbocycles.